The van der Waals surface area contributed by atoms with Crippen molar-refractivity contribution in [3.05, 3.63) is 67.4 Å². The van der Waals surface area contributed by atoms with Gasteiger partial charge in [-0.3, -0.25) is 4.79 Å². The fraction of sp³-hybridized carbons (Fsp3) is 0.182. The number of carbonyl (C=O) groups excluding carboxylic acids is 1. The van der Waals surface area contributed by atoms with Gasteiger partial charge in [0.1, 0.15) is 23.2 Å². The molecule has 0 saturated heterocycles. The third-order valence-corrected chi connectivity index (χ3v) is 6.11. The van der Waals surface area contributed by atoms with Crippen molar-refractivity contribution >= 4 is 51.3 Å². The summed E-state index contributed by atoms with van der Waals surface area (Å²) in [5.74, 6) is 0.486. The normalized spacial score (nSPS) is 10.9. The van der Waals surface area contributed by atoms with Gasteiger partial charge >= 0.3 is 0 Å². The predicted octanol–water partition coefficient (Wildman–Crippen LogP) is 5.27. The second kappa shape index (κ2) is 11.3. The second-order valence-corrected chi connectivity index (χ2v) is 8.23. The third kappa shape index (κ3) is 6.12. The summed E-state index contributed by atoms with van der Waals surface area (Å²) >= 11 is 15.4. The first-order valence-corrected chi connectivity index (χ1v) is 11.0. The maximum atomic E-state index is 12.1. The molecule has 3 rings (SSSR count). The van der Waals surface area contributed by atoms with E-state index in [-0.39, 0.29) is 24.7 Å². The first kappa shape index (κ1) is 24.7. The molecule has 1 N–H and O–H groups in total. The number of halogens is 3. The van der Waals surface area contributed by atoms with Gasteiger partial charge in [-0.25, -0.2) is 10.4 Å². The number of pyridine rings is 1. The van der Waals surface area contributed by atoms with Gasteiger partial charge in [-0.05, 0) is 53.2 Å². The van der Waals surface area contributed by atoms with Gasteiger partial charge in [0, 0.05) is 22.7 Å². The molecule has 8 nitrogen and oxygen atoms in total. The summed E-state index contributed by atoms with van der Waals surface area (Å²) in [4.78, 5) is 16.3. The van der Waals surface area contributed by atoms with Crippen molar-refractivity contribution in [3.63, 3.8) is 0 Å². The zero-order valence-corrected chi connectivity index (χ0v) is 20.6. The van der Waals surface area contributed by atoms with E-state index in [0.29, 0.717) is 37.3 Å². The molecule has 0 saturated carbocycles. The molecular formula is C22H17BrCl2N4O4. The number of aromatic nitrogens is 1. The number of amides is 1. The number of hydrazone groups is 1. The summed E-state index contributed by atoms with van der Waals surface area (Å²) in [7, 11) is 1.52. The number of hydrogen-bond donors (Lipinski definition) is 1. The summed E-state index contributed by atoms with van der Waals surface area (Å²) in [6.07, 6.45) is 1.35. The van der Waals surface area contributed by atoms with Gasteiger partial charge < -0.3 is 13.9 Å². The van der Waals surface area contributed by atoms with Crippen LogP contribution in [-0.2, 0) is 16.1 Å². The van der Waals surface area contributed by atoms with Crippen LogP contribution >= 0.6 is 39.1 Å². The maximum absolute atomic E-state index is 12.1. The van der Waals surface area contributed by atoms with Crippen LogP contribution in [-0.4, -0.2) is 30.8 Å². The first-order valence-electron chi connectivity index (χ1n) is 9.42. The predicted molar refractivity (Wildman–Crippen MR) is 127 cm³/mol. The minimum absolute atomic E-state index is 0.0432. The van der Waals surface area contributed by atoms with Crippen molar-refractivity contribution in [2.45, 2.75) is 13.5 Å². The molecule has 0 spiro atoms. The smallest absolute Gasteiger partial charge is 0.278 e. The lowest BCUT2D eigenvalue weighted by Gasteiger charge is -2.13. The molecule has 33 heavy (non-hydrogen) atoms. The van der Waals surface area contributed by atoms with Crippen LogP contribution in [0.5, 0.6) is 5.88 Å². The molecule has 0 aliphatic rings. The summed E-state index contributed by atoms with van der Waals surface area (Å²) in [6.45, 7) is 1.55. The molecule has 0 aliphatic carbocycles. The lowest BCUT2D eigenvalue weighted by atomic mass is 10.1. The van der Waals surface area contributed by atoms with E-state index in [1.54, 1.807) is 37.3 Å². The monoisotopic (exact) mass is 550 g/mol. The van der Waals surface area contributed by atoms with Crippen LogP contribution in [0.25, 0.3) is 11.3 Å². The van der Waals surface area contributed by atoms with E-state index in [1.807, 2.05) is 6.07 Å². The minimum atomic E-state index is -0.540. The highest BCUT2D eigenvalue weighted by Crippen LogP contribution is 2.30. The number of ether oxygens (including phenoxy) is 2. The van der Waals surface area contributed by atoms with Crippen molar-refractivity contribution < 1.29 is 18.7 Å². The van der Waals surface area contributed by atoms with Crippen LogP contribution in [0.4, 0.5) is 0 Å². The van der Waals surface area contributed by atoms with E-state index in [4.69, 9.17) is 37.1 Å². The minimum Gasteiger partial charge on any atom is -0.467 e. The molecule has 2 heterocycles. The highest BCUT2D eigenvalue weighted by molar-refractivity contribution is 9.10. The Morgan fingerprint density at radius 1 is 1.33 bits per heavy atom. The van der Waals surface area contributed by atoms with Crippen LogP contribution in [0.15, 0.2) is 44.3 Å². The van der Waals surface area contributed by atoms with Crippen LogP contribution in [0, 0.1) is 18.3 Å². The Morgan fingerprint density at radius 2 is 2.12 bits per heavy atom. The zero-order valence-electron chi connectivity index (χ0n) is 17.5. The van der Waals surface area contributed by atoms with E-state index >= 15 is 0 Å². The van der Waals surface area contributed by atoms with Gasteiger partial charge in [0.25, 0.3) is 5.91 Å². The lowest BCUT2D eigenvalue weighted by Crippen LogP contribution is -2.25. The van der Waals surface area contributed by atoms with Crippen LogP contribution in [0.2, 0.25) is 10.0 Å². The number of hydrogen-bond acceptors (Lipinski definition) is 7. The number of benzene rings is 1. The van der Waals surface area contributed by atoms with Gasteiger partial charge in [0.15, 0.2) is 6.61 Å². The van der Waals surface area contributed by atoms with Crippen molar-refractivity contribution in [1.82, 2.24) is 10.4 Å². The number of carbonyl (C=O) groups is 1. The molecular weight excluding hydrogens is 535 g/mol. The molecule has 0 unspecified atom stereocenters. The van der Waals surface area contributed by atoms with Crippen LogP contribution in [0.1, 0.15) is 22.6 Å². The average Bonchev–Trinajstić information content (AvgIpc) is 3.26. The Balaban J connectivity index is 1.61. The Bertz CT molecular complexity index is 1250. The van der Waals surface area contributed by atoms with Gasteiger partial charge in [0.05, 0.1) is 28.6 Å². The molecule has 2 aromatic heterocycles. The van der Waals surface area contributed by atoms with Crippen LogP contribution in [0.3, 0.4) is 0 Å². The fourth-order valence-electron chi connectivity index (χ4n) is 2.77. The largest absolute Gasteiger partial charge is 0.467 e. The highest BCUT2D eigenvalue weighted by atomic mass is 79.9. The molecule has 1 amide bonds. The molecule has 0 atom stereocenters. The van der Waals surface area contributed by atoms with E-state index in [2.05, 4.69) is 31.4 Å². The lowest BCUT2D eigenvalue weighted by molar-refractivity contribution is -0.123. The van der Waals surface area contributed by atoms with E-state index < -0.39 is 5.91 Å². The van der Waals surface area contributed by atoms with Crippen molar-refractivity contribution in [2.75, 3.05) is 13.7 Å². The number of nitriles is 1. The topological polar surface area (TPSA) is 110 Å². The molecule has 3 aromatic rings. The second-order valence-electron chi connectivity index (χ2n) is 6.63. The zero-order chi connectivity index (χ0) is 24.0. The number of methoxy groups -OCH3 is 1. The molecule has 0 aliphatic heterocycles. The number of aryl methyl sites for hydroxylation is 1. The molecule has 0 radical (unpaired) electrons. The fourth-order valence-corrected chi connectivity index (χ4v) is 3.47. The quantitative estimate of drug-likeness (QED) is 0.302. The average molecular weight is 552 g/mol. The Kier molecular flexibility index (Phi) is 8.47. The molecule has 170 valence electrons. The Labute approximate surface area is 208 Å². The molecule has 0 bridgehead atoms. The van der Waals surface area contributed by atoms with Gasteiger partial charge in [-0.2, -0.15) is 10.4 Å². The first-order chi connectivity index (χ1) is 15.8. The third-order valence-electron chi connectivity index (χ3n) is 4.32. The van der Waals surface area contributed by atoms with E-state index in [9.17, 15) is 10.1 Å². The summed E-state index contributed by atoms with van der Waals surface area (Å²) < 4.78 is 16.9. The van der Waals surface area contributed by atoms with Crippen LogP contribution < -0.4 is 10.2 Å². The molecule has 11 heteroatoms. The summed E-state index contributed by atoms with van der Waals surface area (Å²) in [5.41, 5.74) is 4.47. The van der Waals surface area contributed by atoms with E-state index in [0.717, 1.165) is 5.56 Å². The van der Waals surface area contributed by atoms with Crippen molar-refractivity contribution in [1.29, 1.82) is 5.26 Å². The number of furan rings is 1. The SMILES string of the molecule is COCc1c(Br)c(C)nc(OCC(=O)NN=Cc2ccc(-c3ccc(Cl)c(Cl)c3)o2)c1C#N. The van der Waals surface area contributed by atoms with Crippen molar-refractivity contribution in [3.8, 4) is 23.3 Å². The van der Waals surface area contributed by atoms with Crippen molar-refractivity contribution in [2.24, 2.45) is 5.10 Å². The molecule has 0 fully saturated rings. The number of rotatable bonds is 8. The highest BCUT2D eigenvalue weighted by Gasteiger charge is 2.18. The Hall–Kier alpha value is -2.90. The number of nitrogens with zero attached hydrogens (tertiary/aromatic N) is 3. The summed E-state index contributed by atoms with van der Waals surface area (Å²) in [5, 5.41) is 14.2. The standard InChI is InChI=1S/C22H17BrCl2N4O4/c1-12-21(23)16(10-31-2)15(8-26)22(28-12)32-11-20(30)29-27-9-14-4-6-19(33-14)13-3-5-17(24)18(25)7-13/h3-7,9H,10-11H2,1-2H3,(H,29,30). The summed E-state index contributed by atoms with van der Waals surface area (Å²) in [6, 6.07) is 10.6. The van der Waals surface area contributed by atoms with Gasteiger partial charge in [-0.1, -0.05) is 23.2 Å². The maximum Gasteiger partial charge on any atom is 0.278 e. The van der Waals surface area contributed by atoms with E-state index in [1.165, 1.54) is 13.3 Å². The molecule has 1 aromatic carbocycles. The number of nitrogens with one attached hydrogen (secondary N) is 1. The van der Waals surface area contributed by atoms with Gasteiger partial charge in [-0.15, -0.1) is 0 Å². The van der Waals surface area contributed by atoms with Gasteiger partial charge in [0.2, 0.25) is 5.88 Å². The Morgan fingerprint density at radius 3 is 2.82 bits per heavy atom.